The van der Waals surface area contributed by atoms with Crippen LogP contribution in [0.2, 0.25) is 0 Å². The summed E-state index contributed by atoms with van der Waals surface area (Å²) in [6, 6.07) is 6.81. The van der Waals surface area contributed by atoms with Gasteiger partial charge in [0.2, 0.25) is 0 Å². The molecule has 0 saturated carbocycles. The standard InChI is InChI=1S/C16H25N3/c1-6-12(5)15(17)16-18-13-9-11(4)7-8-14(13)19(16)10(2)3/h7-10,12,15H,6,17H2,1-5H3. The fourth-order valence-electron chi connectivity index (χ4n) is 2.51. The molecule has 0 radical (unpaired) electrons. The summed E-state index contributed by atoms with van der Waals surface area (Å²) in [7, 11) is 0. The summed E-state index contributed by atoms with van der Waals surface area (Å²) >= 11 is 0. The Morgan fingerprint density at radius 1 is 1.26 bits per heavy atom. The van der Waals surface area contributed by atoms with Gasteiger partial charge in [-0.2, -0.15) is 0 Å². The molecule has 1 aromatic heterocycles. The van der Waals surface area contributed by atoms with Gasteiger partial charge in [-0.3, -0.25) is 0 Å². The van der Waals surface area contributed by atoms with E-state index in [2.05, 4.69) is 57.4 Å². The molecule has 0 spiro atoms. The summed E-state index contributed by atoms with van der Waals surface area (Å²) in [4.78, 5) is 4.80. The van der Waals surface area contributed by atoms with Gasteiger partial charge in [0.1, 0.15) is 5.82 Å². The normalized spacial score (nSPS) is 15.1. The summed E-state index contributed by atoms with van der Waals surface area (Å²) in [5.41, 5.74) is 9.89. The van der Waals surface area contributed by atoms with E-state index < -0.39 is 0 Å². The van der Waals surface area contributed by atoms with Crippen molar-refractivity contribution in [3.8, 4) is 0 Å². The highest BCUT2D eigenvalue weighted by molar-refractivity contribution is 5.77. The Morgan fingerprint density at radius 2 is 1.95 bits per heavy atom. The van der Waals surface area contributed by atoms with E-state index in [1.54, 1.807) is 0 Å². The van der Waals surface area contributed by atoms with Gasteiger partial charge in [0.25, 0.3) is 0 Å². The van der Waals surface area contributed by atoms with Crippen molar-refractivity contribution in [1.29, 1.82) is 0 Å². The monoisotopic (exact) mass is 259 g/mol. The minimum absolute atomic E-state index is 0.0000983. The number of rotatable bonds is 4. The van der Waals surface area contributed by atoms with E-state index in [-0.39, 0.29) is 6.04 Å². The van der Waals surface area contributed by atoms with Crippen molar-refractivity contribution < 1.29 is 0 Å². The quantitative estimate of drug-likeness (QED) is 0.902. The molecule has 104 valence electrons. The number of imidazole rings is 1. The molecule has 2 unspecified atom stereocenters. The SMILES string of the molecule is CCC(C)C(N)c1nc2cc(C)ccc2n1C(C)C. The van der Waals surface area contributed by atoms with Gasteiger partial charge in [-0.05, 0) is 44.4 Å². The molecular formula is C16H25N3. The lowest BCUT2D eigenvalue weighted by Crippen LogP contribution is -2.23. The van der Waals surface area contributed by atoms with Gasteiger partial charge in [0, 0.05) is 6.04 Å². The minimum atomic E-state index is 0.0000983. The third kappa shape index (κ3) is 2.52. The average molecular weight is 259 g/mol. The van der Waals surface area contributed by atoms with Crippen molar-refractivity contribution in [3.63, 3.8) is 0 Å². The fraction of sp³-hybridized carbons (Fsp3) is 0.562. The second-order valence-electron chi connectivity index (χ2n) is 5.84. The molecule has 0 amide bonds. The van der Waals surface area contributed by atoms with Crippen molar-refractivity contribution in [1.82, 2.24) is 9.55 Å². The molecule has 0 bridgehead atoms. The van der Waals surface area contributed by atoms with Gasteiger partial charge < -0.3 is 10.3 Å². The molecule has 2 N–H and O–H groups in total. The second-order valence-corrected chi connectivity index (χ2v) is 5.84. The highest BCUT2D eigenvalue weighted by Crippen LogP contribution is 2.28. The molecule has 0 aliphatic heterocycles. The Balaban J connectivity index is 2.62. The van der Waals surface area contributed by atoms with E-state index in [9.17, 15) is 0 Å². The number of nitrogens with zero attached hydrogens (tertiary/aromatic N) is 2. The lowest BCUT2D eigenvalue weighted by atomic mass is 9.99. The van der Waals surface area contributed by atoms with Crippen LogP contribution in [0.15, 0.2) is 18.2 Å². The summed E-state index contributed by atoms with van der Waals surface area (Å²) in [5, 5.41) is 0. The van der Waals surface area contributed by atoms with Gasteiger partial charge in [-0.1, -0.05) is 26.3 Å². The summed E-state index contributed by atoms with van der Waals surface area (Å²) in [6.07, 6.45) is 1.07. The molecule has 0 aliphatic rings. The first-order valence-electron chi connectivity index (χ1n) is 7.19. The number of aryl methyl sites for hydroxylation is 1. The molecule has 2 rings (SSSR count). The Labute approximate surface area is 115 Å². The Bertz CT molecular complexity index is 569. The molecule has 0 aliphatic carbocycles. The largest absolute Gasteiger partial charge is 0.324 e. The van der Waals surface area contributed by atoms with Crippen molar-refractivity contribution in [3.05, 3.63) is 29.6 Å². The van der Waals surface area contributed by atoms with Gasteiger partial charge in [0.05, 0.1) is 17.1 Å². The van der Waals surface area contributed by atoms with Crippen molar-refractivity contribution >= 4 is 11.0 Å². The molecule has 2 aromatic rings. The van der Waals surface area contributed by atoms with Gasteiger partial charge in [0.15, 0.2) is 0 Å². The number of nitrogens with two attached hydrogens (primary N) is 1. The lowest BCUT2D eigenvalue weighted by molar-refractivity contribution is 0.415. The molecular weight excluding hydrogens is 234 g/mol. The van der Waals surface area contributed by atoms with Crippen LogP contribution in [0.3, 0.4) is 0 Å². The van der Waals surface area contributed by atoms with Crippen LogP contribution in [0.4, 0.5) is 0 Å². The second kappa shape index (κ2) is 5.33. The van der Waals surface area contributed by atoms with Crippen LogP contribution in [0.25, 0.3) is 11.0 Å². The summed E-state index contributed by atoms with van der Waals surface area (Å²) < 4.78 is 2.28. The van der Waals surface area contributed by atoms with Gasteiger partial charge in [-0.25, -0.2) is 4.98 Å². The van der Waals surface area contributed by atoms with Crippen LogP contribution in [0, 0.1) is 12.8 Å². The van der Waals surface area contributed by atoms with Crippen LogP contribution < -0.4 is 5.73 Å². The molecule has 1 heterocycles. The number of hydrogen-bond donors (Lipinski definition) is 1. The van der Waals surface area contributed by atoms with Gasteiger partial charge >= 0.3 is 0 Å². The van der Waals surface area contributed by atoms with Crippen LogP contribution in [-0.2, 0) is 0 Å². The average Bonchev–Trinajstić information content (AvgIpc) is 2.75. The maximum absolute atomic E-state index is 6.41. The van der Waals surface area contributed by atoms with Crippen molar-refractivity contribution in [2.24, 2.45) is 11.7 Å². The Hall–Kier alpha value is -1.35. The van der Waals surface area contributed by atoms with Gasteiger partial charge in [-0.15, -0.1) is 0 Å². The number of benzene rings is 1. The Morgan fingerprint density at radius 3 is 2.53 bits per heavy atom. The predicted molar refractivity (Wildman–Crippen MR) is 81.2 cm³/mol. The van der Waals surface area contributed by atoms with Crippen molar-refractivity contribution in [2.45, 2.75) is 53.1 Å². The summed E-state index contributed by atoms with van der Waals surface area (Å²) in [6.45, 7) is 10.8. The van der Waals surface area contributed by atoms with E-state index in [1.165, 1.54) is 11.1 Å². The third-order valence-electron chi connectivity index (χ3n) is 3.94. The molecule has 0 fully saturated rings. The van der Waals surface area contributed by atoms with E-state index in [0.717, 1.165) is 17.8 Å². The minimum Gasteiger partial charge on any atom is -0.324 e. The maximum Gasteiger partial charge on any atom is 0.127 e. The third-order valence-corrected chi connectivity index (χ3v) is 3.94. The van der Waals surface area contributed by atoms with E-state index >= 15 is 0 Å². The molecule has 2 atom stereocenters. The first kappa shape index (κ1) is 14.1. The number of fused-ring (bicyclic) bond motifs is 1. The predicted octanol–water partition coefficient (Wildman–Crippen LogP) is 3.97. The van der Waals surface area contributed by atoms with Crippen LogP contribution in [0.5, 0.6) is 0 Å². The zero-order valence-corrected chi connectivity index (χ0v) is 12.6. The summed E-state index contributed by atoms with van der Waals surface area (Å²) in [5.74, 6) is 1.46. The molecule has 3 nitrogen and oxygen atoms in total. The first-order valence-corrected chi connectivity index (χ1v) is 7.19. The molecule has 0 saturated heterocycles. The Kier molecular flexibility index (Phi) is 3.95. The topological polar surface area (TPSA) is 43.8 Å². The van der Waals surface area contributed by atoms with Crippen LogP contribution in [0.1, 0.15) is 57.6 Å². The zero-order valence-electron chi connectivity index (χ0n) is 12.6. The molecule has 3 heteroatoms. The molecule has 19 heavy (non-hydrogen) atoms. The fourth-order valence-corrected chi connectivity index (χ4v) is 2.51. The van der Waals surface area contributed by atoms with E-state index in [4.69, 9.17) is 10.7 Å². The maximum atomic E-state index is 6.41. The van der Waals surface area contributed by atoms with Crippen molar-refractivity contribution in [2.75, 3.05) is 0 Å². The highest BCUT2D eigenvalue weighted by atomic mass is 15.1. The van der Waals surface area contributed by atoms with Crippen LogP contribution >= 0.6 is 0 Å². The lowest BCUT2D eigenvalue weighted by Gasteiger charge is -2.21. The smallest absolute Gasteiger partial charge is 0.127 e. The number of hydrogen-bond acceptors (Lipinski definition) is 2. The zero-order chi connectivity index (χ0) is 14.2. The molecule has 1 aromatic carbocycles. The van der Waals surface area contributed by atoms with E-state index in [0.29, 0.717) is 12.0 Å². The highest BCUT2D eigenvalue weighted by Gasteiger charge is 2.22. The number of aromatic nitrogens is 2. The van der Waals surface area contributed by atoms with Crippen LogP contribution in [-0.4, -0.2) is 9.55 Å². The first-order chi connectivity index (χ1) is 8.95. The van der Waals surface area contributed by atoms with E-state index in [1.807, 2.05) is 0 Å².